The molecule has 4 heteroatoms. The summed E-state index contributed by atoms with van der Waals surface area (Å²) in [6, 6.07) is 5.97. The number of benzene rings is 1. The first kappa shape index (κ1) is 20.6. The summed E-state index contributed by atoms with van der Waals surface area (Å²) in [7, 11) is 3.28. The first-order chi connectivity index (χ1) is 12.2. The first-order valence-corrected chi connectivity index (χ1v) is 8.57. The summed E-state index contributed by atoms with van der Waals surface area (Å²) < 4.78 is 15.3. The highest BCUT2D eigenvalue weighted by Gasteiger charge is 2.03. The van der Waals surface area contributed by atoms with Gasteiger partial charge in [-0.1, -0.05) is 36.4 Å². The predicted octanol–water partition coefficient (Wildman–Crippen LogP) is 4.65. The van der Waals surface area contributed by atoms with Crippen molar-refractivity contribution in [2.45, 2.75) is 32.6 Å². The number of carbonyl (C=O) groups is 1. The molecule has 0 bridgehead atoms. The lowest BCUT2D eigenvalue weighted by atomic mass is 10.1. The Bertz CT molecular complexity index is 600. The lowest BCUT2D eigenvalue weighted by molar-refractivity contribution is -0.137. The highest BCUT2D eigenvalue weighted by Crippen LogP contribution is 2.27. The minimum atomic E-state index is -0.301. The molecule has 0 aromatic heterocycles. The molecule has 0 aliphatic carbocycles. The van der Waals surface area contributed by atoms with E-state index in [9.17, 15) is 4.79 Å². The maximum Gasteiger partial charge on any atom is 0.330 e. The van der Waals surface area contributed by atoms with Gasteiger partial charge in [0.25, 0.3) is 0 Å². The van der Waals surface area contributed by atoms with Crippen LogP contribution < -0.4 is 9.47 Å². The van der Waals surface area contributed by atoms with E-state index in [1.165, 1.54) is 11.6 Å². The van der Waals surface area contributed by atoms with Gasteiger partial charge in [-0.25, -0.2) is 4.79 Å². The Hall–Kier alpha value is -2.49. The van der Waals surface area contributed by atoms with Crippen LogP contribution in [0.5, 0.6) is 11.5 Å². The van der Waals surface area contributed by atoms with Crippen LogP contribution in [0, 0.1) is 0 Å². The van der Waals surface area contributed by atoms with Crippen molar-refractivity contribution in [1.82, 2.24) is 0 Å². The van der Waals surface area contributed by atoms with Gasteiger partial charge in [0.2, 0.25) is 0 Å². The van der Waals surface area contributed by atoms with Gasteiger partial charge in [0.05, 0.1) is 20.8 Å². The fourth-order valence-electron chi connectivity index (χ4n) is 2.20. The molecule has 0 aliphatic heterocycles. The number of hydrogen-bond acceptors (Lipinski definition) is 4. The minimum absolute atomic E-state index is 0.301. The smallest absolute Gasteiger partial charge is 0.330 e. The molecule has 0 fully saturated rings. The molecule has 0 N–H and O–H groups in total. The minimum Gasteiger partial charge on any atom is -0.493 e. The van der Waals surface area contributed by atoms with Crippen LogP contribution in [0.4, 0.5) is 0 Å². The molecule has 0 spiro atoms. The molecule has 0 heterocycles. The van der Waals surface area contributed by atoms with Crippen LogP contribution in [0.2, 0.25) is 0 Å². The van der Waals surface area contributed by atoms with E-state index in [2.05, 4.69) is 18.2 Å². The van der Waals surface area contributed by atoms with E-state index in [1.54, 1.807) is 27.2 Å². The van der Waals surface area contributed by atoms with E-state index in [4.69, 9.17) is 14.2 Å². The van der Waals surface area contributed by atoms with Crippen molar-refractivity contribution in [2.24, 2.45) is 0 Å². The Morgan fingerprint density at radius 1 is 1.00 bits per heavy atom. The molecule has 1 aromatic carbocycles. The molecular weight excluding hydrogens is 316 g/mol. The number of esters is 1. The van der Waals surface area contributed by atoms with Crippen molar-refractivity contribution >= 4 is 5.97 Å². The Labute approximate surface area is 150 Å². The topological polar surface area (TPSA) is 44.8 Å². The zero-order chi connectivity index (χ0) is 18.3. The number of rotatable bonds is 11. The second-order valence-corrected chi connectivity index (χ2v) is 5.34. The van der Waals surface area contributed by atoms with Crippen molar-refractivity contribution in [1.29, 1.82) is 0 Å². The van der Waals surface area contributed by atoms with Crippen LogP contribution in [-0.2, 0) is 16.0 Å². The van der Waals surface area contributed by atoms with Gasteiger partial charge >= 0.3 is 5.97 Å². The third-order valence-electron chi connectivity index (χ3n) is 3.48. The van der Waals surface area contributed by atoms with Crippen LogP contribution >= 0.6 is 0 Å². The van der Waals surface area contributed by atoms with Gasteiger partial charge in [-0.2, -0.15) is 0 Å². The van der Waals surface area contributed by atoms with E-state index < -0.39 is 0 Å². The summed E-state index contributed by atoms with van der Waals surface area (Å²) in [5, 5.41) is 0. The summed E-state index contributed by atoms with van der Waals surface area (Å²) in [5.41, 5.74) is 1.19. The van der Waals surface area contributed by atoms with E-state index in [0.29, 0.717) is 6.61 Å². The standard InChI is InChI=1S/C21H28O4/c1-4-25-21(22)14-12-10-8-6-5-7-9-11-13-18-15-16-19(23-2)20(17-18)24-3/h8-12,14-17H,4-7,13H2,1-3H3/b10-8+,11-9+,14-12+. The van der Waals surface area contributed by atoms with E-state index in [1.807, 2.05) is 24.3 Å². The largest absolute Gasteiger partial charge is 0.493 e. The van der Waals surface area contributed by atoms with Gasteiger partial charge in [0, 0.05) is 6.08 Å². The van der Waals surface area contributed by atoms with Gasteiger partial charge in [-0.15, -0.1) is 0 Å². The van der Waals surface area contributed by atoms with Gasteiger partial charge in [0.1, 0.15) is 0 Å². The van der Waals surface area contributed by atoms with Crippen molar-refractivity contribution in [3.8, 4) is 11.5 Å². The zero-order valence-electron chi connectivity index (χ0n) is 15.4. The lowest BCUT2D eigenvalue weighted by Gasteiger charge is -2.08. The van der Waals surface area contributed by atoms with Crippen molar-refractivity contribution < 1.29 is 19.0 Å². The number of allylic oxidation sites excluding steroid dienone is 5. The van der Waals surface area contributed by atoms with Crippen LogP contribution in [0.25, 0.3) is 0 Å². The second kappa shape index (κ2) is 12.9. The monoisotopic (exact) mass is 344 g/mol. The molecule has 0 radical (unpaired) electrons. The fraction of sp³-hybridized carbons (Fsp3) is 0.381. The highest BCUT2D eigenvalue weighted by molar-refractivity contribution is 5.82. The second-order valence-electron chi connectivity index (χ2n) is 5.34. The van der Waals surface area contributed by atoms with Gasteiger partial charge in [-0.05, 0) is 50.3 Å². The Kier molecular flexibility index (Phi) is 10.6. The third-order valence-corrected chi connectivity index (χ3v) is 3.48. The highest BCUT2D eigenvalue weighted by atomic mass is 16.5. The molecule has 0 unspecified atom stereocenters. The molecule has 1 rings (SSSR count). The molecule has 25 heavy (non-hydrogen) atoms. The summed E-state index contributed by atoms with van der Waals surface area (Å²) in [6.07, 6.45) is 15.4. The quantitative estimate of drug-likeness (QED) is 0.193. The maximum absolute atomic E-state index is 11.1. The van der Waals surface area contributed by atoms with Crippen LogP contribution in [0.1, 0.15) is 31.7 Å². The summed E-state index contributed by atoms with van der Waals surface area (Å²) in [6.45, 7) is 2.20. The zero-order valence-corrected chi connectivity index (χ0v) is 15.4. The molecule has 0 amide bonds. The average molecular weight is 344 g/mol. The number of ether oxygens (including phenoxy) is 3. The SMILES string of the molecule is CCOC(=O)/C=C/C=C/CCC/C=C/Cc1ccc(OC)c(OC)c1. The molecule has 0 aliphatic rings. The molecule has 0 atom stereocenters. The van der Waals surface area contributed by atoms with Crippen molar-refractivity contribution in [3.05, 3.63) is 60.2 Å². The Morgan fingerprint density at radius 3 is 2.48 bits per heavy atom. The van der Waals surface area contributed by atoms with Gasteiger partial charge in [-0.3, -0.25) is 0 Å². The molecular formula is C21H28O4. The Morgan fingerprint density at radius 2 is 1.76 bits per heavy atom. The normalized spacial score (nSPS) is 11.5. The molecule has 4 nitrogen and oxygen atoms in total. The number of methoxy groups -OCH3 is 2. The molecule has 0 saturated heterocycles. The van der Waals surface area contributed by atoms with Crippen molar-refractivity contribution in [2.75, 3.05) is 20.8 Å². The summed E-state index contributed by atoms with van der Waals surface area (Å²) in [4.78, 5) is 11.1. The first-order valence-electron chi connectivity index (χ1n) is 8.57. The number of unbranched alkanes of at least 4 members (excludes halogenated alkanes) is 2. The average Bonchev–Trinajstić information content (AvgIpc) is 2.63. The van der Waals surface area contributed by atoms with Crippen molar-refractivity contribution in [3.63, 3.8) is 0 Å². The fourth-order valence-corrected chi connectivity index (χ4v) is 2.20. The van der Waals surface area contributed by atoms with Gasteiger partial charge in [0.15, 0.2) is 11.5 Å². The van der Waals surface area contributed by atoms with Gasteiger partial charge < -0.3 is 14.2 Å². The van der Waals surface area contributed by atoms with E-state index >= 15 is 0 Å². The van der Waals surface area contributed by atoms with Crippen LogP contribution in [0.3, 0.4) is 0 Å². The summed E-state index contributed by atoms with van der Waals surface area (Å²) in [5.74, 6) is 1.21. The molecule has 1 aromatic rings. The summed E-state index contributed by atoms with van der Waals surface area (Å²) >= 11 is 0. The Balaban J connectivity index is 2.23. The maximum atomic E-state index is 11.1. The predicted molar refractivity (Wildman–Crippen MR) is 101 cm³/mol. The number of carbonyl (C=O) groups excluding carboxylic acids is 1. The third kappa shape index (κ3) is 8.80. The van der Waals surface area contributed by atoms with E-state index in [-0.39, 0.29) is 5.97 Å². The van der Waals surface area contributed by atoms with Crippen LogP contribution in [0.15, 0.2) is 54.7 Å². The molecule has 136 valence electrons. The van der Waals surface area contributed by atoms with Crippen LogP contribution in [-0.4, -0.2) is 26.8 Å². The lowest BCUT2D eigenvalue weighted by Crippen LogP contribution is -1.98. The molecule has 0 saturated carbocycles. The number of hydrogen-bond donors (Lipinski definition) is 0. The van der Waals surface area contributed by atoms with E-state index in [0.717, 1.165) is 37.2 Å².